The minimum absolute atomic E-state index is 0.0185. The minimum atomic E-state index is -0.394. The first-order valence-corrected chi connectivity index (χ1v) is 5.17. The van der Waals surface area contributed by atoms with E-state index in [1.807, 2.05) is 0 Å². The molecule has 0 aromatic rings. The lowest BCUT2D eigenvalue weighted by atomic mass is 9.86. The molecular weight excluding hydrogens is 168 g/mol. The normalized spacial score (nSPS) is 64.4. The molecular formula is C10H16O3. The molecule has 4 bridgehead atoms. The number of aliphatic hydroxyl groups excluding tert-OH is 1. The van der Waals surface area contributed by atoms with Crippen LogP contribution in [0.4, 0.5) is 0 Å². The van der Waals surface area contributed by atoms with Crippen LogP contribution in [0.15, 0.2) is 0 Å². The highest BCUT2D eigenvalue weighted by atomic mass is 16.6. The van der Waals surface area contributed by atoms with Gasteiger partial charge in [0.15, 0.2) is 0 Å². The summed E-state index contributed by atoms with van der Waals surface area (Å²) in [4.78, 5) is 0. The van der Waals surface area contributed by atoms with Crippen molar-refractivity contribution < 1.29 is 14.6 Å². The predicted molar refractivity (Wildman–Crippen MR) is 46.3 cm³/mol. The molecule has 13 heavy (non-hydrogen) atoms. The third-order valence-corrected chi connectivity index (χ3v) is 3.91. The SMILES string of the molecule is C[C@@H]1[C@H]2O[C@@H]3[C@H](O)[C@H]2O[C@@H]1C[C@H]3C. The molecule has 0 saturated carbocycles. The Balaban J connectivity index is 2.00. The van der Waals surface area contributed by atoms with Gasteiger partial charge in [-0.15, -0.1) is 0 Å². The first kappa shape index (κ1) is 8.21. The van der Waals surface area contributed by atoms with Crippen LogP contribution < -0.4 is 0 Å². The largest absolute Gasteiger partial charge is 0.388 e. The van der Waals surface area contributed by atoms with Gasteiger partial charge < -0.3 is 14.6 Å². The summed E-state index contributed by atoms with van der Waals surface area (Å²) in [5.41, 5.74) is 0. The molecule has 0 radical (unpaired) electrons. The van der Waals surface area contributed by atoms with Crippen molar-refractivity contribution in [1.82, 2.24) is 0 Å². The fourth-order valence-electron chi connectivity index (χ4n) is 3.08. The second kappa shape index (κ2) is 2.47. The summed E-state index contributed by atoms with van der Waals surface area (Å²) >= 11 is 0. The molecule has 4 fully saturated rings. The van der Waals surface area contributed by atoms with E-state index in [0.29, 0.717) is 17.9 Å². The number of hydrogen-bond donors (Lipinski definition) is 1. The van der Waals surface area contributed by atoms with Crippen LogP contribution in [0, 0.1) is 11.8 Å². The lowest BCUT2D eigenvalue weighted by Gasteiger charge is -2.18. The standard InChI is InChI=1S/C10H16O3/c1-4-3-6-5(2)9-10(12-6)7(11)8(4)13-9/h4-11H,3H2,1-2H3/t4-,5+,6-,7+,8+,9-,10-/m1/s1. The Bertz CT molecular complexity index is 226. The van der Waals surface area contributed by atoms with Gasteiger partial charge in [-0.1, -0.05) is 13.8 Å². The fraction of sp³-hybridized carbons (Fsp3) is 1.00. The molecule has 4 saturated heterocycles. The molecule has 0 aliphatic carbocycles. The zero-order valence-corrected chi connectivity index (χ0v) is 8.01. The zero-order valence-electron chi connectivity index (χ0n) is 8.01. The molecule has 4 aliphatic rings. The average molecular weight is 184 g/mol. The van der Waals surface area contributed by atoms with Gasteiger partial charge >= 0.3 is 0 Å². The van der Waals surface area contributed by atoms with Crippen LogP contribution in [0.5, 0.6) is 0 Å². The van der Waals surface area contributed by atoms with E-state index in [1.54, 1.807) is 0 Å². The lowest BCUT2D eigenvalue weighted by Crippen LogP contribution is -2.33. The van der Waals surface area contributed by atoms with Crippen molar-refractivity contribution in [2.75, 3.05) is 0 Å². The van der Waals surface area contributed by atoms with Gasteiger partial charge in [0, 0.05) is 5.92 Å². The van der Waals surface area contributed by atoms with E-state index in [-0.39, 0.29) is 18.3 Å². The zero-order chi connectivity index (χ0) is 9.16. The van der Waals surface area contributed by atoms with Crippen molar-refractivity contribution in [3.8, 4) is 0 Å². The molecule has 74 valence electrons. The Kier molecular flexibility index (Phi) is 1.56. The summed E-state index contributed by atoms with van der Waals surface area (Å²) in [6.07, 6.45) is 1.08. The highest BCUT2D eigenvalue weighted by Gasteiger charge is 2.58. The van der Waals surface area contributed by atoms with Crippen LogP contribution in [-0.4, -0.2) is 35.6 Å². The first-order valence-electron chi connectivity index (χ1n) is 5.17. The van der Waals surface area contributed by atoms with E-state index in [4.69, 9.17) is 9.47 Å². The highest BCUT2D eigenvalue weighted by Crippen LogP contribution is 2.46. The molecule has 0 aromatic carbocycles. The molecule has 1 N–H and O–H groups in total. The molecule has 4 heterocycles. The van der Waals surface area contributed by atoms with Crippen molar-refractivity contribution in [2.45, 2.75) is 50.8 Å². The molecule has 3 nitrogen and oxygen atoms in total. The van der Waals surface area contributed by atoms with E-state index in [0.717, 1.165) is 6.42 Å². The van der Waals surface area contributed by atoms with Gasteiger partial charge in [-0.2, -0.15) is 0 Å². The third kappa shape index (κ3) is 0.901. The van der Waals surface area contributed by atoms with Crippen molar-refractivity contribution in [1.29, 1.82) is 0 Å². The van der Waals surface area contributed by atoms with Gasteiger partial charge in [-0.05, 0) is 12.3 Å². The smallest absolute Gasteiger partial charge is 0.113 e. The predicted octanol–water partition coefficient (Wildman–Crippen LogP) is 0.558. The first-order chi connectivity index (χ1) is 6.18. The lowest BCUT2D eigenvalue weighted by molar-refractivity contribution is -0.0245. The number of fused-ring (bicyclic) bond motifs is 1. The van der Waals surface area contributed by atoms with Gasteiger partial charge in [0.1, 0.15) is 12.2 Å². The van der Waals surface area contributed by atoms with E-state index in [9.17, 15) is 5.11 Å². The molecule has 4 rings (SSSR count). The van der Waals surface area contributed by atoms with Crippen LogP contribution in [-0.2, 0) is 9.47 Å². The quantitative estimate of drug-likeness (QED) is 0.598. The number of aliphatic hydroxyl groups is 1. The van der Waals surface area contributed by atoms with Crippen LogP contribution in [0.3, 0.4) is 0 Å². The topological polar surface area (TPSA) is 38.7 Å². The highest BCUT2D eigenvalue weighted by molar-refractivity contribution is 5.05. The van der Waals surface area contributed by atoms with Crippen molar-refractivity contribution in [3.63, 3.8) is 0 Å². The van der Waals surface area contributed by atoms with Gasteiger partial charge in [0.05, 0.1) is 18.3 Å². The van der Waals surface area contributed by atoms with Crippen LogP contribution in [0.25, 0.3) is 0 Å². The second-order valence-electron chi connectivity index (χ2n) is 4.77. The second-order valence-corrected chi connectivity index (χ2v) is 4.77. The number of rotatable bonds is 0. The summed E-state index contributed by atoms with van der Waals surface area (Å²) in [6.45, 7) is 4.31. The number of ether oxygens (including phenoxy) is 2. The Labute approximate surface area is 78.0 Å². The molecule has 0 spiro atoms. The van der Waals surface area contributed by atoms with Crippen molar-refractivity contribution in [3.05, 3.63) is 0 Å². The van der Waals surface area contributed by atoms with Gasteiger partial charge in [-0.25, -0.2) is 0 Å². The Hall–Kier alpha value is -0.120. The van der Waals surface area contributed by atoms with Gasteiger partial charge in [0.25, 0.3) is 0 Å². The molecule has 0 unspecified atom stereocenters. The number of hydrogen-bond acceptors (Lipinski definition) is 3. The Morgan fingerprint density at radius 3 is 2.54 bits per heavy atom. The maximum Gasteiger partial charge on any atom is 0.113 e. The summed E-state index contributed by atoms with van der Waals surface area (Å²) in [5.74, 6) is 0.884. The molecule has 0 aromatic heterocycles. The molecule has 4 aliphatic heterocycles. The Morgan fingerprint density at radius 1 is 1.08 bits per heavy atom. The summed E-state index contributed by atoms with van der Waals surface area (Å²) in [6, 6.07) is 0. The van der Waals surface area contributed by atoms with Crippen molar-refractivity contribution >= 4 is 0 Å². The maximum absolute atomic E-state index is 9.92. The van der Waals surface area contributed by atoms with E-state index in [1.165, 1.54) is 0 Å². The molecule has 7 atom stereocenters. The summed E-state index contributed by atoms with van der Waals surface area (Å²) in [7, 11) is 0. The summed E-state index contributed by atoms with van der Waals surface area (Å²) in [5, 5.41) is 9.92. The van der Waals surface area contributed by atoms with E-state index in [2.05, 4.69) is 13.8 Å². The van der Waals surface area contributed by atoms with Crippen LogP contribution >= 0.6 is 0 Å². The van der Waals surface area contributed by atoms with Gasteiger partial charge in [0.2, 0.25) is 0 Å². The van der Waals surface area contributed by atoms with E-state index < -0.39 is 6.10 Å². The van der Waals surface area contributed by atoms with Gasteiger partial charge in [-0.3, -0.25) is 0 Å². The van der Waals surface area contributed by atoms with Crippen LogP contribution in [0.2, 0.25) is 0 Å². The van der Waals surface area contributed by atoms with E-state index >= 15 is 0 Å². The minimum Gasteiger partial charge on any atom is -0.388 e. The Morgan fingerprint density at radius 2 is 1.85 bits per heavy atom. The average Bonchev–Trinajstić information content (AvgIpc) is 2.45. The molecule has 3 heteroatoms. The molecule has 0 amide bonds. The fourth-order valence-corrected chi connectivity index (χ4v) is 3.08. The van der Waals surface area contributed by atoms with Crippen molar-refractivity contribution in [2.24, 2.45) is 11.8 Å². The monoisotopic (exact) mass is 184 g/mol. The van der Waals surface area contributed by atoms with Crippen LogP contribution in [0.1, 0.15) is 20.3 Å². The summed E-state index contributed by atoms with van der Waals surface area (Å²) < 4.78 is 11.6. The third-order valence-electron chi connectivity index (χ3n) is 3.91. The maximum atomic E-state index is 9.92.